The van der Waals surface area contributed by atoms with Crippen molar-refractivity contribution in [1.82, 2.24) is 14.9 Å². The lowest BCUT2D eigenvalue weighted by Crippen LogP contribution is -2.37. The van der Waals surface area contributed by atoms with E-state index in [9.17, 15) is 9.59 Å². The van der Waals surface area contributed by atoms with Gasteiger partial charge in [0.1, 0.15) is 0 Å². The number of nitrogens with one attached hydrogen (secondary N) is 1. The summed E-state index contributed by atoms with van der Waals surface area (Å²) < 4.78 is 7.38. The van der Waals surface area contributed by atoms with E-state index in [4.69, 9.17) is 16.3 Å². The number of amides is 1. The van der Waals surface area contributed by atoms with Crippen LogP contribution in [0, 0.1) is 0 Å². The molecule has 1 atom stereocenters. The van der Waals surface area contributed by atoms with Crippen LogP contribution < -0.4 is 10.9 Å². The monoisotopic (exact) mass is 435 g/mol. The first-order chi connectivity index (χ1) is 14.1. The van der Waals surface area contributed by atoms with E-state index in [-0.39, 0.29) is 29.4 Å². The largest absolute Gasteiger partial charge is 0.376 e. The fraction of sp³-hybridized carbons (Fsp3) is 0.571. The van der Waals surface area contributed by atoms with Gasteiger partial charge in [0.2, 0.25) is 5.91 Å². The molecule has 6 nitrogen and oxygen atoms in total. The van der Waals surface area contributed by atoms with E-state index in [2.05, 4.69) is 10.3 Å². The van der Waals surface area contributed by atoms with Crippen LogP contribution in [0.25, 0.3) is 10.9 Å². The number of carbonyl (C=O) groups excluding carboxylic acids is 1. The van der Waals surface area contributed by atoms with Gasteiger partial charge < -0.3 is 10.1 Å². The van der Waals surface area contributed by atoms with Crippen LogP contribution in [0.4, 0.5) is 0 Å². The molecule has 2 heterocycles. The molecule has 2 aromatic rings. The topological polar surface area (TPSA) is 73.2 Å². The number of halogens is 1. The van der Waals surface area contributed by atoms with Gasteiger partial charge in [-0.3, -0.25) is 14.2 Å². The number of fused-ring (bicyclic) bond motifs is 1. The van der Waals surface area contributed by atoms with Gasteiger partial charge in [-0.05, 0) is 43.9 Å². The number of thioether (sulfide) groups is 1. The highest BCUT2D eigenvalue weighted by Gasteiger charge is 2.21. The molecule has 29 heavy (non-hydrogen) atoms. The number of carbonyl (C=O) groups is 1. The van der Waals surface area contributed by atoms with E-state index in [1.165, 1.54) is 31.0 Å². The fourth-order valence-corrected chi connectivity index (χ4v) is 5.07. The molecule has 0 bridgehead atoms. The van der Waals surface area contributed by atoms with E-state index in [0.717, 1.165) is 32.3 Å². The summed E-state index contributed by atoms with van der Waals surface area (Å²) in [6, 6.07) is 5.38. The Balaban J connectivity index is 1.55. The minimum absolute atomic E-state index is 0.00833. The molecule has 8 heteroatoms. The maximum absolute atomic E-state index is 13.1. The van der Waals surface area contributed by atoms with Gasteiger partial charge >= 0.3 is 0 Å². The van der Waals surface area contributed by atoms with Gasteiger partial charge in [-0.2, -0.15) is 0 Å². The number of aromatic nitrogens is 2. The van der Waals surface area contributed by atoms with Crippen LogP contribution in [0.15, 0.2) is 28.2 Å². The zero-order chi connectivity index (χ0) is 20.2. The second-order valence-electron chi connectivity index (χ2n) is 7.80. The number of benzene rings is 1. The molecular weight excluding hydrogens is 410 g/mol. The predicted octanol–water partition coefficient (Wildman–Crippen LogP) is 3.77. The summed E-state index contributed by atoms with van der Waals surface area (Å²) >= 11 is 7.40. The van der Waals surface area contributed by atoms with Crippen LogP contribution in [-0.2, 0) is 16.1 Å². The van der Waals surface area contributed by atoms with Gasteiger partial charge in [0.25, 0.3) is 5.56 Å². The molecule has 1 aliphatic carbocycles. The second kappa shape index (κ2) is 9.49. The smallest absolute Gasteiger partial charge is 0.262 e. The third-order valence-electron chi connectivity index (χ3n) is 5.60. The molecule has 156 valence electrons. The molecular formula is C21H26ClN3O3S. The van der Waals surface area contributed by atoms with Crippen molar-refractivity contribution in [1.29, 1.82) is 0 Å². The van der Waals surface area contributed by atoms with Crippen molar-refractivity contribution in [3.05, 3.63) is 33.6 Å². The lowest BCUT2D eigenvalue weighted by Gasteiger charge is -2.22. The van der Waals surface area contributed by atoms with E-state index in [1.807, 2.05) is 0 Å². The minimum atomic E-state index is -0.114. The number of rotatable bonds is 6. The average Bonchev–Trinajstić information content (AvgIpc) is 3.22. The Hall–Kier alpha value is -1.57. The second-order valence-corrected chi connectivity index (χ2v) is 9.18. The van der Waals surface area contributed by atoms with Gasteiger partial charge in [0.05, 0.1) is 29.3 Å². The highest BCUT2D eigenvalue weighted by atomic mass is 35.5. The molecule has 0 spiro atoms. The van der Waals surface area contributed by atoms with E-state index >= 15 is 0 Å². The lowest BCUT2D eigenvalue weighted by atomic mass is 9.95. The molecule has 1 amide bonds. The number of hydrogen-bond donors (Lipinski definition) is 1. The van der Waals surface area contributed by atoms with Crippen molar-refractivity contribution in [2.45, 2.75) is 68.8 Å². The van der Waals surface area contributed by atoms with E-state index < -0.39 is 0 Å². The SMILES string of the molecule is O=C(CSc1nc2cc(Cl)ccc2c(=O)n1CC1CCCO1)NC1CCCCC1. The third kappa shape index (κ3) is 5.13. The van der Waals surface area contributed by atoms with Crippen LogP contribution in [0.1, 0.15) is 44.9 Å². The van der Waals surface area contributed by atoms with Crippen molar-refractivity contribution in [3.8, 4) is 0 Å². The summed E-state index contributed by atoms with van der Waals surface area (Å²) in [4.78, 5) is 30.2. The summed E-state index contributed by atoms with van der Waals surface area (Å²) in [5, 5.41) is 4.73. The molecule has 0 radical (unpaired) electrons. The Morgan fingerprint density at radius 3 is 2.83 bits per heavy atom. The number of nitrogens with zero attached hydrogens (tertiary/aromatic N) is 2. The minimum Gasteiger partial charge on any atom is -0.376 e. The molecule has 1 aromatic carbocycles. The van der Waals surface area contributed by atoms with Crippen molar-refractivity contribution >= 4 is 40.2 Å². The Kier molecular flexibility index (Phi) is 6.77. The standard InChI is InChI=1S/C21H26ClN3O3S/c22-14-8-9-17-18(11-14)24-21(25(20(17)27)12-16-7-4-10-28-16)29-13-19(26)23-15-5-2-1-3-6-15/h8-9,11,15-16H,1-7,10,12-13H2,(H,23,26). The van der Waals surface area contributed by atoms with Gasteiger partial charge in [0.15, 0.2) is 5.16 Å². The quantitative estimate of drug-likeness (QED) is 0.552. The maximum atomic E-state index is 13.1. The van der Waals surface area contributed by atoms with Gasteiger partial charge in [-0.1, -0.05) is 42.6 Å². The van der Waals surface area contributed by atoms with Gasteiger partial charge in [0, 0.05) is 17.7 Å². The van der Waals surface area contributed by atoms with Crippen LogP contribution in [-0.4, -0.2) is 40.0 Å². The zero-order valence-corrected chi connectivity index (χ0v) is 17.9. The van der Waals surface area contributed by atoms with Gasteiger partial charge in [-0.15, -0.1) is 0 Å². The predicted molar refractivity (Wildman–Crippen MR) is 116 cm³/mol. The first kappa shape index (κ1) is 20.7. The molecule has 1 unspecified atom stereocenters. The van der Waals surface area contributed by atoms with Crippen LogP contribution >= 0.6 is 23.4 Å². The van der Waals surface area contributed by atoms with E-state index in [0.29, 0.717) is 27.6 Å². The lowest BCUT2D eigenvalue weighted by molar-refractivity contribution is -0.119. The van der Waals surface area contributed by atoms with Crippen molar-refractivity contribution in [2.75, 3.05) is 12.4 Å². The molecule has 1 aliphatic heterocycles. The first-order valence-corrected chi connectivity index (χ1v) is 11.7. The highest BCUT2D eigenvalue weighted by molar-refractivity contribution is 7.99. The van der Waals surface area contributed by atoms with Gasteiger partial charge in [-0.25, -0.2) is 4.98 Å². The average molecular weight is 436 g/mol. The van der Waals surface area contributed by atoms with Crippen LogP contribution in [0.5, 0.6) is 0 Å². The Morgan fingerprint density at radius 2 is 2.07 bits per heavy atom. The summed E-state index contributed by atoms with van der Waals surface area (Å²) in [5.74, 6) is 0.228. The summed E-state index contributed by atoms with van der Waals surface area (Å²) in [6.45, 7) is 1.18. The number of ether oxygens (including phenoxy) is 1. The highest BCUT2D eigenvalue weighted by Crippen LogP contribution is 2.23. The molecule has 2 aliphatic rings. The summed E-state index contributed by atoms with van der Waals surface area (Å²) in [6.07, 6.45) is 7.63. The molecule has 2 fully saturated rings. The fourth-order valence-electron chi connectivity index (χ4n) is 4.08. The Bertz CT molecular complexity index is 937. The van der Waals surface area contributed by atoms with Crippen molar-refractivity contribution < 1.29 is 9.53 Å². The van der Waals surface area contributed by atoms with Crippen molar-refractivity contribution in [2.24, 2.45) is 0 Å². The summed E-state index contributed by atoms with van der Waals surface area (Å²) in [5.41, 5.74) is 0.443. The molecule has 1 saturated carbocycles. The van der Waals surface area contributed by atoms with Crippen molar-refractivity contribution in [3.63, 3.8) is 0 Å². The summed E-state index contributed by atoms with van der Waals surface area (Å²) in [7, 11) is 0. The first-order valence-electron chi connectivity index (χ1n) is 10.3. The molecule has 1 aromatic heterocycles. The normalized spacial score (nSPS) is 20.2. The van der Waals surface area contributed by atoms with Crippen LogP contribution in [0.3, 0.4) is 0 Å². The Labute approximate surface area is 179 Å². The van der Waals surface area contributed by atoms with E-state index in [1.54, 1.807) is 22.8 Å². The molecule has 1 saturated heterocycles. The molecule has 1 N–H and O–H groups in total. The third-order valence-corrected chi connectivity index (χ3v) is 6.81. The molecule has 4 rings (SSSR count). The Morgan fingerprint density at radius 1 is 1.24 bits per heavy atom. The van der Waals surface area contributed by atoms with Crippen LogP contribution in [0.2, 0.25) is 5.02 Å². The number of hydrogen-bond acceptors (Lipinski definition) is 5. The maximum Gasteiger partial charge on any atom is 0.262 e. The zero-order valence-electron chi connectivity index (χ0n) is 16.4.